The van der Waals surface area contributed by atoms with Crippen molar-refractivity contribution in [1.29, 1.82) is 0 Å². The fraction of sp³-hybridized carbons (Fsp3) is 0.143. The van der Waals surface area contributed by atoms with Crippen LogP contribution in [-0.2, 0) is 4.74 Å². The van der Waals surface area contributed by atoms with Crippen LogP contribution in [0.25, 0.3) is 16.2 Å². The Balaban J connectivity index is 2.03. The molecule has 3 aromatic rings. The van der Waals surface area contributed by atoms with Gasteiger partial charge in [-0.2, -0.15) is 0 Å². The van der Waals surface area contributed by atoms with E-state index < -0.39 is 0 Å². The molecule has 2 aromatic heterocycles. The average Bonchev–Trinajstić information content (AvgIpc) is 2.99. The number of esters is 1. The molecular weight excluding hydrogens is 279 g/mol. The maximum absolute atomic E-state index is 12.9. The van der Waals surface area contributed by atoms with Crippen molar-refractivity contribution in [2.75, 3.05) is 6.61 Å². The highest BCUT2D eigenvalue weighted by Crippen LogP contribution is 2.24. The Morgan fingerprint density at radius 3 is 2.85 bits per heavy atom. The molecule has 0 aliphatic heterocycles. The van der Waals surface area contributed by atoms with Crippen LogP contribution in [-0.4, -0.2) is 22.0 Å². The topological polar surface area (TPSA) is 43.6 Å². The number of aromatic nitrogens is 2. The molecule has 0 bridgehead atoms. The Kier molecular flexibility index (Phi) is 3.23. The normalized spacial score (nSPS) is 10.9. The van der Waals surface area contributed by atoms with Gasteiger partial charge in [-0.15, -0.1) is 11.3 Å². The van der Waals surface area contributed by atoms with E-state index in [1.807, 2.05) is 0 Å². The Labute approximate surface area is 118 Å². The summed E-state index contributed by atoms with van der Waals surface area (Å²) in [4.78, 5) is 16.9. The number of halogens is 1. The number of hydrogen-bond acceptors (Lipinski definition) is 4. The van der Waals surface area contributed by atoms with Crippen LogP contribution in [0.5, 0.6) is 0 Å². The lowest BCUT2D eigenvalue weighted by Crippen LogP contribution is -2.06. The van der Waals surface area contributed by atoms with Crippen molar-refractivity contribution in [3.8, 4) is 11.3 Å². The van der Waals surface area contributed by atoms with E-state index in [0.29, 0.717) is 23.0 Å². The van der Waals surface area contributed by atoms with Crippen LogP contribution < -0.4 is 0 Å². The van der Waals surface area contributed by atoms with E-state index in [-0.39, 0.29) is 11.8 Å². The minimum absolute atomic E-state index is 0.290. The maximum Gasteiger partial charge on any atom is 0.356 e. The summed E-state index contributed by atoms with van der Waals surface area (Å²) in [5.41, 5.74) is 1.95. The molecule has 102 valence electrons. The van der Waals surface area contributed by atoms with Crippen molar-refractivity contribution in [2.24, 2.45) is 0 Å². The first-order valence-corrected chi connectivity index (χ1v) is 6.96. The summed E-state index contributed by atoms with van der Waals surface area (Å²) < 4.78 is 19.6. The fourth-order valence-electron chi connectivity index (χ4n) is 1.90. The minimum atomic E-state index is -0.373. The second-order valence-electron chi connectivity index (χ2n) is 4.13. The Morgan fingerprint density at radius 1 is 1.40 bits per heavy atom. The number of fused-ring (bicyclic) bond motifs is 1. The van der Waals surface area contributed by atoms with Crippen LogP contribution in [0.1, 0.15) is 17.4 Å². The predicted molar refractivity (Wildman–Crippen MR) is 74.4 cm³/mol. The van der Waals surface area contributed by atoms with Crippen LogP contribution in [0.3, 0.4) is 0 Å². The quantitative estimate of drug-likeness (QED) is 0.695. The van der Waals surface area contributed by atoms with Crippen molar-refractivity contribution in [3.05, 3.63) is 47.4 Å². The molecule has 4 nitrogen and oxygen atoms in total. The molecule has 3 rings (SSSR count). The molecular formula is C14H11FN2O2S. The molecule has 0 spiro atoms. The van der Waals surface area contributed by atoms with Crippen molar-refractivity contribution >= 4 is 22.3 Å². The zero-order valence-corrected chi connectivity index (χ0v) is 11.5. The standard InChI is InChI=1S/C14H11FN2O2S/c1-2-19-13(18)12-8-20-14-16-11(7-17(12)14)9-3-5-10(15)6-4-9/h3-8H,2H2,1H3. The van der Waals surface area contributed by atoms with E-state index in [0.717, 1.165) is 5.56 Å². The lowest BCUT2D eigenvalue weighted by molar-refractivity contribution is 0.0518. The lowest BCUT2D eigenvalue weighted by atomic mass is 10.2. The van der Waals surface area contributed by atoms with E-state index in [2.05, 4.69) is 4.98 Å². The predicted octanol–water partition coefficient (Wildman–Crippen LogP) is 3.38. The molecule has 1 aromatic carbocycles. The van der Waals surface area contributed by atoms with Gasteiger partial charge in [-0.1, -0.05) is 0 Å². The lowest BCUT2D eigenvalue weighted by Gasteiger charge is -1.99. The third-order valence-corrected chi connectivity index (χ3v) is 3.67. The van der Waals surface area contributed by atoms with E-state index in [1.165, 1.54) is 23.5 Å². The first-order chi connectivity index (χ1) is 9.69. The molecule has 2 heterocycles. The number of hydrogen-bond donors (Lipinski definition) is 0. The monoisotopic (exact) mass is 290 g/mol. The van der Waals surface area contributed by atoms with Gasteiger partial charge in [0.1, 0.15) is 11.5 Å². The van der Waals surface area contributed by atoms with E-state index >= 15 is 0 Å². The largest absolute Gasteiger partial charge is 0.461 e. The maximum atomic E-state index is 12.9. The molecule has 0 unspecified atom stereocenters. The van der Waals surface area contributed by atoms with Gasteiger partial charge in [0.15, 0.2) is 4.96 Å². The summed E-state index contributed by atoms with van der Waals surface area (Å²) in [6.07, 6.45) is 1.76. The van der Waals surface area contributed by atoms with Crippen molar-refractivity contribution in [3.63, 3.8) is 0 Å². The van der Waals surface area contributed by atoms with Crippen molar-refractivity contribution in [1.82, 2.24) is 9.38 Å². The molecule has 0 aliphatic carbocycles. The third kappa shape index (κ3) is 2.18. The van der Waals surface area contributed by atoms with E-state index in [1.54, 1.807) is 35.0 Å². The van der Waals surface area contributed by atoms with E-state index in [4.69, 9.17) is 4.74 Å². The smallest absolute Gasteiger partial charge is 0.356 e. The molecule has 0 fully saturated rings. The van der Waals surface area contributed by atoms with Crippen LogP contribution in [0.4, 0.5) is 4.39 Å². The van der Waals surface area contributed by atoms with Crippen LogP contribution in [0, 0.1) is 5.82 Å². The van der Waals surface area contributed by atoms with Gasteiger partial charge in [0.25, 0.3) is 0 Å². The molecule has 0 amide bonds. The molecule has 20 heavy (non-hydrogen) atoms. The number of carbonyl (C=O) groups excluding carboxylic acids is 1. The number of imidazole rings is 1. The first kappa shape index (κ1) is 12.8. The Bertz CT molecular complexity index is 761. The van der Waals surface area contributed by atoms with Gasteiger partial charge in [0, 0.05) is 17.1 Å². The molecule has 0 saturated heterocycles. The molecule has 0 saturated carbocycles. The summed E-state index contributed by atoms with van der Waals surface area (Å²) in [6.45, 7) is 2.09. The van der Waals surface area contributed by atoms with Crippen molar-refractivity contribution < 1.29 is 13.9 Å². The SMILES string of the molecule is CCOC(=O)c1csc2nc(-c3ccc(F)cc3)cn12. The van der Waals surface area contributed by atoms with Crippen LogP contribution >= 0.6 is 11.3 Å². The average molecular weight is 290 g/mol. The summed E-state index contributed by atoms with van der Waals surface area (Å²) in [7, 11) is 0. The van der Waals surface area contributed by atoms with Gasteiger partial charge in [0.2, 0.25) is 0 Å². The number of ether oxygens (including phenoxy) is 1. The highest BCUT2D eigenvalue weighted by atomic mass is 32.1. The second-order valence-corrected chi connectivity index (χ2v) is 4.96. The highest BCUT2D eigenvalue weighted by molar-refractivity contribution is 7.15. The number of nitrogens with zero attached hydrogens (tertiary/aromatic N) is 2. The summed E-state index contributed by atoms with van der Waals surface area (Å²) in [5, 5.41) is 1.72. The van der Waals surface area contributed by atoms with Gasteiger partial charge >= 0.3 is 5.97 Å². The molecule has 6 heteroatoms. The Morgan fingerprint density at radius 2 is 2.15 bits per heavy atom. The minimum Gasteiger partial charge on any atom is -0.461 e. The fourth-order valence-corrected chi connectivity index (χ4v) is 2.74. The first-order valence-electron chi connectivity index (χ1n) is 6.08. The number of carbonyl (C=O) groups is 1. The summed E-state index contributed by atoms with van der Waals surface area (Å²) in [5.74, 6) is -0.663. The summed E-state index contributed by atoms with van der Waals surface area (Å²) in [6, 6.07) is 6.09. The van der Waals surface area contributed by atoms with Crippen LogP contribution in [0.2, 0.25) is 0 Å². The van der Waals surface area contributed by atoms with Gasteiger partial charge in [0.05, 0.1) is 12.3 Å². The number of thiazole rings is 1. The molecule has 0 N–H and O–H groups in total. The van der Waals surface area contributed by atoms with Gasteiger partial charge in [-0.05, 0) is 31.2 Å². The summed E-state index contributed by atoms with van der Waals surface area (Å²) >= 11 is 1.36. The van der Waals surface area contributed by atoms with Gasteiger partial charge < -0.3 is 4.74 Å². The molecule has 0 aliphatic rings. The highest BCUT2D eigenvalue weighted by Gasteiger charge is 2.15. The molecule has 0 radical (unpaired) electrons. The zero-order chi connectivity index (χ0) is 14.1. The third-order valence-electron chi connectivity index (χ3n) is 2.83. The number of rotatable bonds is 3. The second kappa shape index (κ2) is 5.05. The van der Waals surface area contributed by atoms with Crippen molar-refractivity contribution in [2.45, 2.75) is 6.92 Å². The number of benzene rings is 1. The van der Waals surface area contributed by atoms with Gasteiger partial charge in [-0.3, -0.25) is 4.40 Å². The van der Waals surface area contributed by atoms with Gasteiger partial charge in [-0.25, -0.2) is 14.2 Å². The van der Waals surface area contributed by atoms with Crippen LogP contribution in [0.15, 0.2) is 35.8 Å². The zero-order valence-electron chi connectivity index (χ0n) is 10.7. The Hall–Kier alpha value is -2.21. The van der Waals surface area contributed by atoms with E-state index in [9.17, 15) is 9.18 Å². The molecule has 0 atom stereocenters.